The van der Waals surface area contributed by atoms with Crippen LogP contribution in [0.5, 0.6) is 0 Å². The van der Waals surface area contributed by atoms with E-state index >= 15 is 0 Å². The Labute approximate surface area is 121 Å². The number of hydrogen-bond acceptors (Lipinski definition) is 3. The number of rotatable bonds is 4. The maximum Gasteiger partial charge on any atom is 0.0363 e. The van der Waals surface area contributed by atoms with Gasteiger partial charge in [-0.15, -0.1) is 0 Å². The summed E-state index contributed by atoms with van der Waals surface area (Å²) in [5.74, 6) is 4.18. The van der Waals surface area contributed by atoms with Crippen molar-refractivity contribution in [1.29, 1.82) is 0 Å². The van der Waals surface area contributed by atoms with E-state index in [0.29, 0.717) is 6.04 Å². The highest BCUT2D eigenvalue weighted by atomic mass is 32.2. The van der Waals surface area contributed by atoms with Crippen molar-refractivity contribution >= 4 is 10.8 Å². The largest absolute Gasteiger partial charge is 0.314 e. The van der Waals surface area contributed by atoms with E-state index in [2.05, 4.69) is 31.0 Å². The molecule has 1 saturated carbocycles. The van der Waals surface area contributed by atoms with Crippen molar-refractivity contribution in [3.05, 3.63) is 0 Å². The molecule has 0 aromatic rings. The zero-order valence-electron chi connectivity index (χ0n) is 12.7. The van der Waals surface area contributed by atoms with Gasteiger partial charge in [0.2, 0.25) is 0 Å². The van der Waals surface area contributed by atoms with Crippen LogP contribution in [0.3, 0.4) is 0 Å². The highest BCUT2D eigenvalue weighted by molar-refractivity contribution is 7.85. The first-order valence-corrected chi connectivity index (χ1v) is 9.39. The molecule has 112 valence electrons. The predicted molar refractivity (Wildman–Crippen MR) is 82.8 cm³/mol. The van der Waals surface area contributed by atoms with E-state index in [1.807, 2.05) is 0 Å². The Morgan fingerprint density at radius 1 is 1.21 bits per heavy atom. The Morgan fingerprint density at radius 3 is 2.53 bits per heavy atom. The van der Waals surface area contributed by atoms with Crippen LogP contribution in [0, 0.1) is 17.8 Å². The van der Waals surface area contributed by atoms with E-state index in [1.54, 1.807) is 0 Å². The number of nitrogens with one attached hydrogen (secondary N) is 1. The van der Waals surface area contributed by atoms with Crippen LogP contribution >= 0.6 is 0 Å². The smallest absolute Gasteiger partial charge is 0.0363 e. The quantitative estimate of drug-likeness (QED) is 0.854. The van der Waals surface area contributed by atoms with Crippen LogP contribution in [0.1, 0.15) is 33.6 Å². The molecule has 0 spiro atoms. The van der Waals surface area contributed by atoms with Crippen molar-refractivity contribution < 1.29 is 4.21 Å². The van der Waals surface area contributed by atoms with Crippen molar-refractivity contribution in [3.8, 4) is 0 Å². The Kier molecular flexibility index (Phi) is 5.85. The van der Waals surface area contributed by atoms with Crippen LogP contribution in [0.2, 0.25) is 0 Å². The van der Waals surface area contributed by atoms with Gasteiger partial charge in [-0.05, 0) is 37.1 Å². The summed E-state index contributed by atoms with van der Waals surface area (Å²) in [6.45, 7) is 11.4. The topological polar surface area (TPSA) is 32.3 Å². The first-order chi connectivity index (χ1) is 9.10. The van der Waals surface area contributed by atoms with Gasteiger partial charge in [0.1, 0.15) is 0 Å². The molecular formula is C15H30N2OS. The van der Waals surface area contributed by atoms with Gasteiger partial charge in [-0.2, -0.15) is 0 Å². The lowest BCUT2D eigenvalue weighted by molar-refractivity contribution is 0.106. The summed E-state index contributed by atoms with van der Waals surface area (Å²) < 4.78 is 11.4. The first kappa shape index (κ1) is 15.5. The SMILES string of the molecule is CCNC1CC(C)CC(C)C1CN1CCS(=O)CC1. The highest BCUT2D eigenvalue weighted by Gasteiger charge is 2.34. The van der Waals surface area contributed by atoms with Gasteiger partial charge in [0.25, 0.3) is 0 Å². The average molecular weight is 286 g/mol. The molecule has 1 saturated heterocycles. The number of hydrogen-bond donors (Lipinski definition) is 1. The second kappa shape index (κ2) is 7.19. The molecule has 0 aromatic carbocycles. The summed E-state index contributed by atoms with van der Waals surface area (Å²) in [6.07, 6.45) is 2.69. The lowest BCUT2D eigenvalue weighted by Crippen LogP contribution is -2.51. The van der Waals surface area contributed by atoms with Crippen molar-refractivity contribution in [2.45, 2.75) is 39.7 Å². The summed E-state index contributed by atoms with van der Waals surface area (Å²) in [4.78, 5) is 2.54. The average Bonchev–Trinajstić information content (AvgIpc) is 2.36. The van der Waals surface area contributed by atoms with Crippen LogP contribution in [0.15, 0.2) is 0 Å². The number of nitrogens with zero attached hydrogens (tertiary/aromatic N) is 1. The highest BCUT2D eigenvalue weighted by Crippen LogP contribution is 2.34. The fourth-order valence-corrected chi connectivity index (χ4v) is 5.00. The normalized spacial score (nSPS) is 38.5. The fourth-order valence-electron chi connectivity index (χ4n) is 3.87. The standard InChI is InChI=1S/C15H30N2OS/c1-4-16-15-10-12(2)9-13(3)14(15)11-17-5-7-19(18)8-6-17/h12-16H,4-11H2,1-3H3. The molecule has 4 heteroatoms. The van der Waals surface area contributed by atoms with E-state index in [4.69, 9.17) is 0 Å². The monoisotopic (exact) mass is 286 g/mol. The summed E-state index contributed by atoms with van der Waals surface area (Å²) >= 11 is 0. The molecule has 4 unspecified atom stereocenters. The Balaban J connectivity index is 1.92. The molecule has 4 atom stereocenters. The molecule has 19 heavy (non-hydrogen) atoms. The molecule has 1 aliphatic heterocycles. The van der Waals surface area contributed by atoms with E-state index in [1.165, 1.54) is 19.4 Å². The van der Waals surface area contributed by atoms with Crippen molar-refractivity contribution in [2.75, 3.05) is 37.7 Å². The minimum atomic E-state index is -0.551. The summed E-state index contributed by atoms with van der Waals surface area (Å²) in [5.41, 5.74) is 0. The van der Waals surface area contributed by atoms with Gasteiger partial charge >= 0.3 is 0 Å². The zero-order valence-corrected chi connectivity index (χ0v) is 13.5. The molecule has 3 nitrogen and oxygen atoms in total. The molecule has 0 amide bonds. The molecular weight excluding hydrogens is 256 g/mol. The summed E-state index contributed by atoms with van der Waals surface area (Å²) in [6, 6.07) is 0.677. The maximum absolute atomic E-state index is 11.4. The zero-order chi connectivity index (χ0) is 13.8. The molecule has 1 aliphatic carbocycles. The van der Waals surface area contributed by atoms with Crippen LogP contribution < -0.4 is 5.32 Å². The van der Waals surface area contributed by atoms with Gasteiger partial charge in [0.05, 0.1) is 0 Å². The fraction of sp³-hybridized carbons (Fsp3) is 1.00. The molecule has 2 aliphatic rings. The molecule has 2 fully saturated rings. The predicted octanol–water partition coefficient (Wildman–Crippen LogP) is 1.71. The van der Waals surface area contributed by atoms with Gasteiger partial charge < -0.3 is 10.2 Å². The van der Waals surface area contributed by atoms with E-state index in [9.17, 15) is 4.21 Å². The molecule has 0 radical (unpaired) electrons. The lowest BCUT2D eigenvalue weighted by atomic mass is 9.72. The third kappa shape index (κ3) is 4.27. The first-order valence-electron chi connectivity index (χ1n) is 7.90. The Bertz CT molecular complexity index is 301. The van der Waals surface area contributed by atoms with Crippen molar-refractivity contribution in [2.24, 2.45) is 17.8 Å². The molecule has 0 aromatic heterocycles. The van der Waals surface area contributed by atoms with Crippen LogP contribution in [0.4, 0.5) is 0 Å². The van der Waals surface area contributed by atoms with E-state index < -0.39 is 10.8 Å². The third-order valence-electron chi connectivity index (χ3n) is 4.88. The minimum Gasteiger partial charge on any atom is -0.314 e. The van der Waals surface area contributed by atoms with E-state index in [0.717, 1.165) is 48.9 Å². The maximum atomic E-state index is 11.4. The van der Waals surface area contributed by atoms with Gasteiger partial charge in [-0.3, -0.25) is 4.21 Å². The van der Waals surface area contributed by atoms with Crippen LogP contribution in [0.25, 0.3) is 0 Å². The summed E-state index contributed by atoms with van der Waals surface area (Å²) in [5, 5.41) is 3.71. The molecule has 2 rings (SSSR count). The van der Waals surface area contributed by atoms with Crippen LogP contribution in [-0.4, -0.2) is 52.8 Å². The van der Waals surface area contributed by atoms with Gasteiger partial charge in [-0.1, -0.05) is 20.8 Å². The van der Waals surface area contributed by atoms with E-state index in [-0.39, 0.29) is 0 Å². The second-order valence-electron chi connectivity index (χ2n) is 6.53. The lowest BCUT2D eigenvalue weighted by Gasteiger charge is -2.43. The van der Waals surface area contributed by atoms with Crippen molar-refractivity contribution in [3.63, 3.8) is 0 Å². The van der Waals surface area contributed by atoms with Gasteiger partial charge in [-0.25, -0.2) is 0 Å². The minimum absolute atomic E-state index is 0.551. The van der Waals surface area contributed by atoms with Crippen molar-refractivity contribution in [1.82, 2.24) is 10.2 Å². The van der Waals surface area contributed by atoms with Gasteiger partial charge in [0.15, 0.2) is 0 Å². The summed E-state index contributed by atoms with van der Waals surface area (Å²) in [7, 11) is -0.551. The molecule has 1 heterocycles. The molecule has 0 bridgehead atoms. The third-order valence-corrected chi connectivity index (χ3v) is 6.16. The van der Waals surface area contributed by atoms with Crippen LogP contribution in [-0.2, 0) is 10.8 Å². The molecule has 1 N–H and O–H groups in total. The van der Waals surface area contributed by atoms with Gasteiger partial charge in [0, 0.05) is 48.0 Å². The Morgan fingerprint density at radius 2 is 1.89 bits per heavy atom. The second-order valence-corrected chi connectivity index (χ2v) is 8.23. The Hall–Kier alpha value is 0.0700.